The molecular weight excluding hydrogens is 600 g/mol. The highest BCUT2D eigenvalue weighted by Crippen LogP contribution is 2.22. The van der Waals surface area contributed by atoms with Gasteiger partial charge in [-0.3, -0.25) is 24.4 Å². The summed E-state index contributed by atoms with van der Waals surface area (Å²) in [6.45, 7) is 8.84. The highest BCUT2D eigenvalue weighted by atomic mass is 32.2. The molecule has 3 aromatic rings. The van der Waals surface area contributed by atoms with E-state index in [0.717, 1.165) is 22.3 Å². The van der Waals surface area contributed by atoms with Gasteiger partial charge in [-0.15, -0.1) is 0 Å². The SMILES string of the molecule is Cc1cccc(C)c1OCC(=O)N[C@@H](Cc1ccccc1)[C@@H](O)C[C@H](Cc1ccccc1)NC(=O)[C@H](C(C)C)S(=O)C1NCCN1. The number of rotatable bonds is 16. The van der Waals surface area contributed by atoms with Gasteiger partial charge in [-0.1, -0.05) is 92.7 Å². The number of para-hydroxylation sites is 1. The molecule has 1 saturated heterocycles. The Morgan fingerprint density at radius 2 is 1.43 bits per heavy atom. The standard InChI is InChI=1S/C36H48N4O5S/c1-24(2)34(46(44)36-37-18-19-38-36)35(43)39-29(20-27-14-7-5-8-15-27)22-31(41)30(21-28-16-9-6-10-17-28)40-32(42)23-45-33-25(3)12-11-13-26(33)4/h5-17,24,29-31,34,36-38,41H,18-23H2,1-4H3,(H,39,43)(H,40,42)/t29-,30-,31-,34-,46?/m0/s1. The first kappa shape index (κ1) is 35.3. The third-order valence-corrected chi connectivity index (χ3v) is 10.3. The predicted octanol–water partition coefficient (Wildman–Crippen LogP) is 3.14. The summed E-state index contributed by atoms with van der Waals surface area (Å²) in [6.07, 6.45) is 0.0244. The Morgan fingerprint density at radius 3 is 2.00 bits per heavy atom. The van der Waals surface area contributed by atoms with E-state index in [1.807, 2.05) is 107 Å². The predicted molar refractivity (Wildman–Crippen MR) is 183 cm³/mol. The summed E-state index contributed by atoms with van der Waals surface area (Å²) in [5.41, 5.74) is 3.37. The topological polar surface area (TPSA) is 129 Å². The van der Waals surface area contributed by atoms with Crippen LogP contribution < -0.4 is 26.0 Å². The van der Waals surface area contributed by atoms with Gasteiger partial charge in [0.1, 0.15) is 16.5 Å². The number of hydrogen-bond acceptors (Lipinski definition) is 7. The minimum absolute atomic E-state index is 0.172. The average molecular weight is 649 g/mol. The Labute approximate surface area is 275 Å². The summed E-state index contributed by atoms with van der Waals surface area (Å²) < 4.78 is 19.3. The summed E-state index contributed by atoms with van der Waals surface area (Å²) in [6, 6.07) is 24.1. The van der Waals surface area contributed by atoms with Crippen molar-refractivity contribution in [1.29, 1.82) is 0 Å². The van der Waals surface area contributed by atoms with Crippen LogP contribution in [0.2, 0.25) is 0 Å². The van der Waals surface area contributed by atoms with Crippen molar-refractivity contribution in [3.8, 4) is 5.75 Å². The second-order valence-electron chi connectivity index (χ2n) is 12.4. The van der Waals surface area contributed by atoms with Crippen molar-refractivity contribution in [2.75, 3.05) is 19.7 Å². The van der Waals surface area contributed by atoms with E-state index in [1.54, 1.807) is 0 Å². The van der Waals surface area contributed by atoms with E-state index in [-0.39, 0.29) is 30.8 Å². The molecule has 1 aliphatic rings. The second kappa shape index (κ2) is 17.4. The average Bonchev–Trinajstić information content (AvgIpc) is 3.57. The van der Waals surface area contributed by atoms with Gasteiger partial charge in [0.15, 0.2) is 6.61 Å². The Balaban J connectivity index is 1.51. The van der Waals surface area contributed by atoms with Crippen LogP contribution in [0.4, 0.5) is 0 Å². The number of carbonyl (C=O) groups is 2. The van der Waals surface area contributed by atoms with Crippen LogP contribution in [0.15, 0.2) is 78.9 Å². The van der Waals surface area contributed by atoms with E-state index in [9.17, 15) is 18.9 Å². The Morgan fingerprint density at radius 1 is 0.870 bits per heavy atom. The van der Waals surface area contributed by atoms with Crippen LogP contribution in [0.25, 0.3) is 0 Å². The lowest BCUT2D eigenvalue weighted by Gasteiger charge is -2.30. The molecular formula is C36H48N4O5S. The molecule has 2 amide bonds. The number of aliphatic hydroxyl groups excluding tert-OH is 1. The molecule has 1 fully saturated rings. The molecule has 5 atom stereocenters. The van der Waals surface area contributed by atoms with Crippen LogP contribution in [-0.2, 0) is 33.2 Å². The maximum Gasteiger partial charge on any atom is 0.258 e. The number of amides is 2. The van der Waals surface area contributed by atoms with Gasteiger partial charge in [0, 0.05) is 19.1 Å². The fourth-order valence-corrected chi connectivity index (χ4v) is 7.53. The molecule has 248 valence electrons. The van der Waals surface area contributed by atoms with Crippen molar-refractivity contribution >= 4 is 22.6 Å². The molecule has 0 bridgehead atoms. The van der Waals surface area contributed by atoms with Crippen LogP contribution >= 0.6 is 0 Å². The minimum atomic E-state index is -1.50. The van der Waals surface area contributed by atoms with Gasteiger partial charge >= 0.3 is 0 Å². The number of hydrogen-bond donors (Lipinski definition) is 5. The summed E-state index contributed by atoms with van der Waals surface area (Å²) in [5.74, 6) is -0.168. The van der Waals surface area contributed by atoms with E-state index >= 15 is 0 Å². The lowest BCUT2D eigenvalue weighted by Crippen LogP contribution is -2.53. The number of ether oxygens (including phenoxy) is 1. The molecule has 1 aliphatic heterocycles. The maximum absolute atomic E-state index is 13.8. The van der Waals surface area contributed by atoms with Crippen molar-refractivity contribution in [3.63, 3.8) is 0 Å². The first-order valence-electron chi connectivity index (χ1n) is 16.0. The van der Waals surface area contributed by atoms with Gasteiger partial charge in [-0.2, -0.15) is 0 Å². The molecule has 46 heavy (non-hydrogen) atoms. The Kier molecular flexibility index (Phi) is 13.3. The number of carbonyl (C=O) groups excluding carboxylic acids is 2. The first-order chi connectivity index (χ1) is 22.1. The number of aliphatic hydroxyl groups is 1. The molecule has 1 heterocycles. The zero-order chi connectivity index (χ0) is 33.1. The van der Waals surface area contributed by atoms with E-state index in [1.165, 1.54) is 0 Å². The zero-order valence-electron chi connectivity index (χ0n) is 27.2. The maximum atomic E-state index is 13.8. The van der Waals surface area contributed by atoms with Crippen LogP contribution in [0.3, 0.4) is 0 Å². The van der Waals surface area contributed by atoms with Gasteiger partial charge in [0.2, 0.25) is 5.91 Å². The normalized spacial score (nSPS) is 16.7. The van der Waals surface area contributed by atoms with Gasteiger partial charge in [0.25, 0.3) is 5.91 Å². The summed E-state index contributed by atoms with van der Waals surface area (Å²) >= 11 is 0. The molecule has 9 nitrogen and oxygen atoms in total. The van der Waals surface area contributed by atoms with Crippen LogP contribution in [-0.4, -0.2) is 69.8 Å². The van der Waals surface area contributed by atoms with Gasteiger partial charge in [-0.05, 0) is 61.3 Å². The number of aryl methyl sites for hydroxylation is 2. The molecule has 10 heteroatoms. The summed E-state index contributed by atoms with van der Waals surface area (Å²) in [4.78, 5) is 27.0. The van der Waals surface area contributed by atoms with Crippen molar-refractivity contribution < 1.29 is 23.6 Å². The number of nitrogens with one attached hydrogen (secondary N) is 4. The van der Waals surface area contributed by atoms with Crippen molar-refractivity contribution in [3.05, 3.63) is 101 Å². The lowest BCUT2D eigenvalue weighted by atomic mass is 9.93. The summed E-state index contributed by atoms with van der Waals surface area (Å²) in [7, 11) is -1.50. The molecule has 0 aliphatic carbocycles. The molecule has 0 aromatic heterocycles. The number of benzene rings is 3. The van der Waals surface area contributed by atoms with Crippen molar-refractivity contribution in [1.82, 2.24) is 21.3 Å². The van der Waals surface area contributed by atoms with Crippen LogP contribution in [0.5, 0.6) is 5.75 Å². The molecule has 4 rings (SSSR count). The molecule has 0 saturated carbocycles. The van der Waals surface area contributed by atoms with Gasteiger partial charge in [-0.25, -0.2) is 0 Å². The quantitative estimate of drug-likeness (QED) is 0.162. The van der Waals surface area contributed by atoms with Crippen molar-refractivity contribution in [2.45, 2.75) is 75.9 Å². The smallest absolute Gasteiger partial charge is 0.258 e. The third-order valence-electron chi connectivity index (χ3n) is 8.19. The molecule has 0 radical (unpaired) electrons. The fourth-order valence-electron chi connectivity index (χ4n) is 5.86. The van der Waals surface area contributed by atoms with E-state index in [4.69, 9.17) is 4.74 Å². The lowest BCUT2D eigenvalue weighted by molar-refractivity contribution is -0.125. The minimum Gasteiger partial charge on any atom is -0.483 e. The van der Waals surface area contributed by atoms with E-state index in [0.29, 0.717) is 31.7 Å². The highest BCUT2D eigenvalue weighted by Gasteiger charge is 2.36. The Bertz CT molecular complexity index is 1410. The van der Waals surface area contributed by atoms with Crippen molar-refractivity contribution in [2.24, 2.45) is 5.92 Å². The molecule has 3 aromatic carbocycles. The van der Waals surface area contributed by atoms with Gasteiger partial charge in [0.05, 0.1) is 22.9 Å². The molecule has 5 N–H and O–H groups in total. The second-order valence-corrected chi connectivity index (χ2v) is 14.0. The summed E-state index contributed by atoms with van der Waals surface area (Å²) in [5, 5.41) is 23.4. The van der Waals surface area contributed by atoms with Crippen LogP contribution in [0, 0.1) is 19.8 Å². The van der Waals surface area contributed by atoms with E-state index < -0.39 is 39.7 Å². The molecule has 1 unspecified atom stereocenters. The first-order valence-corrected chi connectivity index (χ1v) is 17.3. The van der Waals surface area contributed by atoms with E-state index in [2.05, 4.69) is 21.3 Å². The fraction of sp³-hybridized carbons (Fsp3) is 0.444. The largest absolute Gasteiger partial charge is 0.483 e. The highest BCUT2D eigenvalue weighted by molar-refractivity contribution is 7.87. The van der Waals surface area contributed by atoms with Crippen LogP contribution in [0.1, 0.15) is 42.5 Å². The molecule has 0 spiro atoms. The monoisotopic (exact) mass is 648 g/mol. The van der Waals surface area contributed by atoms with Gasteiger partial charge < -0.3 is 20.5 Å². The third kappa shape index (κ3) is 10.2. The zero-order valence-corrected chi connectivity index (χ0v) is 28.0. The Hall–Kier alpha value is -3.57.